The summed E-state index contributed by atoms with van der Waals surface area (Å²) in [4.78, 5) is 11.6. The van der Waals surface area contributed by atoms with E-state index in [0.29, 0.717) is 39.5 Å². The maximum atomic E-state index is 6.30. The smallest absolute Gasteiger partial charge is 0.225 e. The molecule has 0 atom stereocenters. The van der Waals surface area contributed by atoms with Crippen LogP contribution in [0.3, 0.4) is 0 Å². The zero-order chi connectivity index (χ0) is 22.7. The van der Waals surface area contributed by atoms with Gasteiger partial charge in [0.15, 0.2) is 0 Å². The van der Waals surface area contributed by atoms with Crippen LogP contribution in [0.25, 0.3) is 10.9 Å². The van der Waals surface area contributed by atoms with Gasteiger partial charge in [-0.2, -0.15) is 4.98 Å². The highest BCUT2D eigenvalue weighted by molar-refractivity contribution is 6.43. The summed E-state index contributed by atoms with van der Waals surface area (Å²) < 4.78 is 0. The second-order valence-electron chi connectivity index (χ2n) is 8.64. The van der Waals surface area contributed by atoms with Crippen LogP contribution in [0.15, 0.2) is 36.4 Å². The molecule has 0 spiro atoms. The van der Waals surface area contributed by atoms with Crippen LogP contribution in [0.4, 0.5) is 11.8 Å². The van der Waals surface area contributed by atoms with Gasteiger partial charge in [0, 0.05) is 37.1 Å². The van der Waals surface area contributed by atoms with Crippen LogP contribution in [-0.4, -0.2) is 36.6 Å². The summed E-state index contributed by atoms with van der Waals surface area (Å²) in [5.41, 5.74) is 1.90. The average Bonchev–Trinajstić information content (AvgIpc) is 2.77. The molecule has 0 radical (unpaired) electrons. The number of halogens is 3. The van der Waals surface area contributed by atoms with Crippen LogP contribution >= 0.6 is 34.8 Å². The first-order valence-corrected chi connectivity index (χ1v) is 12.1. The van der Waals surface area contributed by atoms with Gasteiger partial charge in [0.05, 0.1) is 15.6 Å². The van der Waals surface area contributed by atoms with Crippen LogP contribution in [0.1, 0.15) is 31.2 Å². The van der Waals surface area contributed by atoms with Crippen molar-refractivity contribution in [2.75, 3.05) is 30.9 Å². The molecule has 0 amide bonds. The molecular weight excluding hydrogens is 465 g/mol. The highest BCUT2D eigenvalue weighted by atomic mass is 35.5. The third-order valence-corrected chi connectivity index (χ3v) is 7.06. The van der Waals surface area contributed by atoms with E-state index in [0.717, 1.165) is 54.5 Å². The molecule has 0 aliphatic heterocycles. The Balaban J connectivity index is 1.30. The van der Waals surface area contributed by atoms with Crippen molar-refractivity contribution in [1.82, 2.24) is 15.3 Å². The summed E-state index contributed by atoms with van der Waals surface area (Å²) in [6, 6.07) is 12.1. The van der Waals surface area contributed by atoms with Crippen molar-refractivity contribution in [2.45, 2.75) is 38.3 Å². The molecule has 2 N–H and O–H groups in total. The zero-order valence-corrected chi connectivity index (χ0v) is 20.6. The summed E-state index contributed by atoms with van der Waals surface area (Å²) in [6.45, 7) is 1.61. The highest BCUT2D eigenvalue weighted by Gasteiger charge is 2.22. The summed E-state index contributed by atoms with van der Waals surface area (Å²) in [5, 5.41) is 9.84. The van der Waals surface area contributed by atoms with E-state index >= 15 is 0 Å². The lowest BCUT2D eigenvalue weighted by molar-refractivity contribution is 0.324. The van der Waals surface area contributed by atoms with Crippen molar-refractivity contribution in [3.05, 3.63) is 57.0 Å². The van der Waals surface area contributed by atoms with Crippen molar-refractivity contribution in [1.29, 1.82) is 0 Å². The van der Waals surface area contributed by atoms with Gasteiger partial charge in [0.25, 0.3) is 0 Å². The molecule has 1 aliphatic rings. The number of nitrogens with zero attached hydrogens (tertiary/aromatic N) is 3. The normalized spacial score (nSPS) is 18.7. The predicted octanol–water partition coefficient (Wildman–Crippen LogP) is 6.42. The van der Waals surface area contributed by atoms with Crippen LogP contribution in [0.5, 0.6) is 0 Å². The van der Waals surface area contributed by atoms with Crippen molar-refractivity contribution in [3.8, 4) is 0 Å². The predicted molar refractivity (Wildman–Crippen MR) is 136 cm³/mol. The fourth-order valence-electron chi connectivity index (χ4n) is 4.31. The number of aromatic nitrogens is 2. The monoisotopic (exact) mass is 491 g/mol. The Morgan fingerprint density at radius 2 is 1.75 bits per heavy atom. The number of rotatable bonds is 7. The Morgan fingerprint density at radius 1 is 1.00 bits per heavy atom. The van der Waals surface area contributed by atoms with Gasteiger partial charge in [-0.1, -0.05) is 46.9 Å². The molecule has 1 heterocycles. The number of hydrogen-bond acceptors (Lipinski definition) is 5. The molecule has 0 unspecified atom stereocenters. The summed E-state index contributed by atoms with van der Waals surface area (Å²) in [7, 11) is 4.03. The molecule has 3 aromatic rings. The van der Waals surface area contributed by atoms with Crippen molar-refractivity contribution in [2.24, 2.45) is 5.92 Å². The molecular formula is C24H28Cl3N5. The number of hydrogen-bond donors (Lipinski definition) is 2. The van der Waals surface area contributed by atoms with E-state index in [9.17, 15) is 0 Å². The number of nitrogens with one attached hydrogen (secondary N) is 2. The van der Waals surface area contributed by atoms with Crippen LogP contribution in [-0.2, 0) is 6.54 Å². The molecule has 0 bridgehead atoms. The minimum Gasteiger partial charge on any atom is -0.362 e. The third-order valence-electron chi connectivity index (χ3n) is 6.00. The SMILES string of the molecule is CN(C)c1nc(NC2CCC(CNCc3cc(Cl)cc(Cl)c3Cl)CC2)nc2ccccc12. The summed E-state index contributed by atoms with van der Waals surface area (Å²) in [5.74, 6) is 2.29. The van der Waals surface area contributed by atoms with E-state index in [4.69, 9.17) is 44.8 Å². The zero-order valence-electron chi connectivity index (χ0n) is 18.3. The largest absolute Gasteiger partial charge is 0.362 e. The van der Waals surface area contributed by atoms with E-state index in [1.807, 2.05) is 43.3 Å². The first kappa shape index (κ1) is 23.4. The van der Waals surface area contributed by atoms with Crippen molar-refractivity contribution < 1.29 is 0 Å². The lowest BCUT2D eigenvalue weighted by atomic mass is 9.86. The van der Waals surface area contributed by atoms with Crippen molar-refractivity contribution >= 4 is 57.5 Å². The fourth-order valence-corrected chi connectivity index (χ4v) is 5.02. The Kier molecular flexibility index (Phi) is 7.62. The molecule has 4 rings (SSSR count). The van der Waals surface area contributed by atoms with Gasteiger partial charge in [-0.25, -0.2) is 4.98 Å². The molecule has 1 fully saturated rings. The van der Waals surface area contributed by atoms with Crippen LogP contribution < -0.4 is 15.5 Å². The molecule has 1 aliphatic carbocycles. The quantitative estimate of drug-likeness (QED) is 0.373. The lowest BCUT2D eigenvalue weighted by Gasteiger charge is -2.29. The lowest BCUT2D eigenvalue weighted by Crippen LogP contribution is -2.31. The second-order valence-corrected chi connectivity index (χ2v) is 9.86. The number of para-hydroxylation sites is 1. The van der Waals surface area contributed by atoms with Gasteiger partial charge < -0.3 is 15.5 Å². The minimum atomic E-state index is 0.392. The van der Waals surface area contributed by atoms with E-state index in [-0.39, 0.29) is 0 Å². The first-order chi connectivity index (χ1) is 15.4. The molecule has 170 valence electrons. The highest BCUT2D eigenvalue weighted by Crippen LogP contribution is 2.31. The molecule has 8 heteroatoms. The molecule has 5 nitrogen and oxygen atoms in total. The second kappa shape index (κ2) is 10.4. The Labute approximate surface area is 204 Å². The van der Waals surface area contributed by atoms with Crippen LogP contribution in [0, 0.1) is 5.92 Å². The number of anilines is 2. The van der Waals surface area contributed by atoms with E-state index in [2.05, 4.69) is 16.7 Å². The number of benzene rings is 2. The standard InChI is InChI=1S/C24H28Cl3N5/c1-32(2)23-19-5-3-4-6-21(19)30-24(31-23)29-18-9-7-15(8-10-18)13-28-14-16-11-17(25)12-20(26)22(16)27/h3-6,11-12,15,18,28H,7-10,13-14H2,1-2H3,(H,29,30,31). The Hall–Kier alpha value is -1.79. The Bertz CT molecular complexity index is 1080. The maximum absolute atomic E-state index is 6.30. The Morgan fingerprint density at radius 3 is 2.50 bits per heavy atom. The summed E-state index contributed by atoms with van der Waals surface area (Å²) in [6.07, 6.45) is 4.51. The van der Waals surface area contributed by atoms with Gasteiger partial charge in [-0.05, 0) is 68.0 Å². The molecule has 0 saturated heterocycles. The fraction of sp³-hybridized carbons (Fsp3) is 0.417. The van der Waals surface area contributed by atoms with E-state index in [1.54, 1.807) is 6.07 Å². The van der Waals surface area contributed by atoms with Gasteiger partial charge in [0.2, 0.25) is 5.95 Å². The van der Waals surface area contributed by atoms with Gasteiger partial charge in [0.1, 0.15) is 5.82 Å². The van der Waals surface area contributed by atoms with E-state index in [1.165, 1.54) is 0 Å². The maximum Gasteiger partial charge on any atom is 0.225 e. The van der Waals surface area contributed by atoms with Crippen LogP contribution in [0.2, 0.25) is 15.1 Å². The topological polar surface area (TPSA) is 53.1 Å². The van der Waals surface area contributed by atoms with E-state index < -0.39 is 0 Å². The van der Waals surface area contributed by atoms with Crippen molar-refractivity contribution in [3.63, 3.8) is 0 Å². The minimum absolute atomic E-state index is 0.392. The first-order valence-electron chi connectivity index (χ1n) is 11.0. The molecule has 1 saturated carbocycles. The molecule has 1 aromatic heterocycles. The van der Waals surface area contributed by atoms with Gasteiger partial charge in [-0.3, -0.25) is 0 Å². The van der Waals surface area contributed by atoms with Gasteiger partial charge >= 0.3 is 0 Å². The molecule has 2 aromatic carbocycles. The third kappa shape index (κ3) is 5.57. The summed E-state index contributed by atoms with van der Waals surface area (Å²) >= 11 is 18.5. The molecule has 32 heavy (non-hydrogen) atoms. The van der Waals surface area contributed by atoms with Gasteiger partial charge in [-0.15, -0.1) is 0 Å². The number of fused-ring (bicyclic) bond motifs is 1. The average molecular weight is 493 g/mol.